The molecule has 0 N–H and O–H groups in total. The van der Waals surface area contributed by atoms with Crippen molar-refractivity contribution >= 4 is 5.78 Å². The minimum absolute atomic E-state index is 0.110. The maximum Gasteiger partial charge on any atom is 0.176 e. The number of allylic oxidation sites excluding steroid dienone is 1. The van der Waals surface area contributed by atoms with Gasteiger partial charge in [0.05, 0.1) is 6.61 Å². The van der Waals surface area contributed by atoms with Crippen molar-refractivity contribution in [2.45, 2.75) is 26.7 Å². The normalized spacial score (nSPS) is 10.6. The molecule has 0 aromatic carbocycles. The third-order valence-electron chi connectivity index (χ3n) is 1.27. The molecule has 0 saturated carbocycles. The van der Waals surface area contributed by atoms with E-state index in [-0.39, 0.29) is 11.4 Å². The van der Waals surface area contributed by atoms with Crippen LogP contribution in [0, 0.1) is 11.3 Å². The number of hydrogen-bond donors (Lipinski definition) is 0. The predicted molar refractivity (Wildman–Crippen MR) is 45.2 cm³/mol. The number of ether oxygens (including phenoxy) is 1. The van der Waals surface area contributed by atoms with Crippen LogP contribution in [0.1, 0.15) is 26.7 Å². The second-order valence-corrected chi connectivity index (χ2v) is 2.27. The van der Waals surface area contributed by atoms with Crippen molar-refractivity contribution in [3.05, 3.63) is 11.8 Å². The zero-order chi connectivity index (χ0) is 9.40. The molecule has 0 bridgehead atoms. The lowest BCUT2D eigenvalue weighted by Crippen LogP contribution is -2.00. The molecule has 12 heavy (non-hydrogen) atoms. The van der Waals surface area contributed by atoms with Gasteiger partial charge in [-0.2, -0.15) is 5.26 Å². The predicted octanol–water partition coefficient (Wildman–Crippen LogP) is 1.80. The van der Waals surface area contributed by atoms with Crippen LogP contribution in [0.2, 0.25) is 0 Å². The zero-order valence-corrected chi connectivity index (χ0v) is 7.46. The van der Waals surface area contributed by atoms with Crippen LogP contribution < -0.4 is 0 Å². The summed E-state index contributed by atoms with van der Waals surface area (Å²) < 4.78 is 4.85. The van der Waals surface area contributed by atoms with E-state index in [4.69, 9.17) is 10.00 Å². The fourth-order valence-corrected chi connectivity index (χ4v) is 0.683. The SMILES string of the molecule is CCCC(=O)/C(C#N)=C\OCC. The Kier molecular flexibility index (Phi) is 5.72. The first kappa shape index (κ1) is 10.7. The Hall–Kier alpha value is -1.30. The number of nitriles is 1. The summed E-state index contributed by atoms with van der Waals surface area (Å²) in [7, 11) is 0. The second-order valence-electron chi connectivity index (χ2n) is 2.27. The molecule has 0 heterocycles. The Morgan fingerprint density at radius 1 is 1.58 bits per heavy atom. The van der Waals surface area contributed by atoms with Crippen molar-refractivity contribution in [2.24, 2.45) is 0 Å². The van der Waals surface area contributed by atoms with Gasteiger partial charge in [0.15, 0.2) is 5.78 Å². The summed E-state index contributed by atoms with van der Waals surface area (Å²) in [6.45, 7) is 4.17. The van der Waals surface area contributed by atoms with Gasteiger partial charge in [-0.15, -0.1) is 0 Å². The number of rotatable bonds is 5. The van der Waals surface area contributed by atoms with Gasteiger partial charge in [0.2, 0.25) is 0 Å². The average molecular weight is 167 g/mol. The maximum absolute atomic E-state index is 11.1. The van der Waals surface area contributed by atoms with Gasteiger partial charge in [-0.05, 0) is 13.3 Å². The zero-order valence-electron chi connectivity index (χ0n) is 7.46. The molecule has 0 spiro atoms. The average Bonchev–Trinajstić information content (AvgIpc) is 2.06. The van der Waals surface area contributed by atoms with Crippen molar-refractivity contribution < 1.29 is 9.53 Å². The quantitative estimate of drug-likeness (QED) is 0.356. The lowest BCUT2D eigenvalue weighted by molar-refractivity contribution is -0.115. The largest absolute Gasteiger partial charge is 0.500 e. The Morgan fingerprint density at radius 2 is 2.25 bits per heavy atom. The van der Waals surface area contributed by atoms with Gasteiger partial charge < -0.3 is 4.74 Å². The topological polar surface area (TPSA) is 50.1 Å². The van der Waals surface area contributed by atoms with E-state index in [0.717, 1.165) is 6.42 Å². The minimum atomic E-state index is -0.145. The molecule has 0 aliphatic rings. The van der Waals surface area contributed by atoms with Crippen LogP contribution in [-0.2, 0) is 9.53 Å². The third-order valence-corrected chi connectivity index (χ3v) is 1.27. The monoisotopic (exact) mass is 167 g/mol. The van der Waals surface area contributed by atoms with Gasteiger partial charge >= 0.3 is 0 Å². The van der Waals surface area contributed by atoms with Gasteiger partial charge in [-0.25, -0.2) is 0 Å². The van der Waals surface area contributed by atoms with E-state index in [1.165, 1.54) is 6.26 Å². The summed E-state index contributed by atoms with van der Waals surface area (Å²) in [4.78, 5) is 11.1. The number of carbonyl (C=O) groups excluding carboxylic acids is 1. The molecule has 3 heteroatoms. The van der Waals surface area contributed by atoms with Crippen molar-refractivity contribution in [1.82, 2.24) is 0 Å². The number of Topliss-reactive ketones (excluding diaryl/α,β-unsaturated/α-hetero) is 1. The van der Waals surface area contributed by atoms with Crippen molar-refractivity contribution in [1.29, 1.82) is 5.26 Å². The summed E-state index contributed by atoms with van der Waals surface area (Å²) >= 11 is 0. The molecule has 0 fully saturated rings. The first-order valence-corrected chi connectivity index (χ1v) is 4.01. The smallest absolute Gasteiger partial charge is 0.176 e. The Labute approximate surface area is 72.6 Å². The van der Waals surface area contributed by atoms with Crippen molar-refractivity contribution in [3.63, 3.8) is 0 Å². The van der Waals surface area contributed by atoms with E-state index >= 15 is 0 Å². The Balaban J connectivity index is 4.16. The first-order chi connectivity index (χ1) is 5.76. The van der Waals surface area contributed by atoms with E-state index in [1.807, 2.05) is 13.0 Å². The Morgan fingerprint density at radius 3 is 2.67 bits per heavy atom. The van der Waals surface area contributed by atoms with Gasteiger partial charge in [0.1, 0.15) is 17.9 Å². The molecule has 0 aliphatic carbocycles. The molecule has 0 aromatic heterocycles. The number of carbonyl (C=O) groups is 1. The van der Waals surface area contributed by atoms with Crippen LogP contribution in [0.15, 0.2) is 11.8 Å². The third kappa shape index (κ3) is 3.77. The van der Waals surface area contributed by atoms with Crippen molar-refractivity contribution in [2.75, 3.05) is 6.61 Å². The van der Waals surface area contributed by atoms with E-state index in [2.05, 4.69) is 0 Å². The lowest BCUT2D eigenvalue weighted by Gasteiger charge is -1.96. The fourth-order valence-electron chi connectivity index (χ4n) is 0.683. The van der Waals surface area contributed by atoms with Gasteiger partial charge in [-0.3, -0.25) is 4.79 Å². The summed E-state index contributed by atoms with van der Waals surface area (Å²) in [5.74, 6) is -0.145. The molecule has 0 saturated heterocycles. The molecular weight excluding hydrogens is 154 g/mol. The van der Waals surface area contributed by atoms with Crippen LogP contribution in [-0.4, -0.2) is 12.4 Å². The highest BCUT2D eigenvalue weighted by Crippen LogP contribution is 2.01. The van der Waals surface area contributed by atoms with Gasteiger partial charge in [-0.1, -0.05) is 6.92 Å². The van der Waals surface area contributed by atoms with Crippen LogP contribution in [0.4, 0.5) is 0 Å². The molecule has 66 valence electrons. The number of ketones is 1. The standard InChI is InChI=1S/C9H13NO2/c1-3-5-9(11)8(6-10)7-12-4-2/h7H,3-5H2,1-2H3/b8-7-. The molecule has 0 unspecified atom stereocenters. The number of hydrogen-bond acceptors (Lipinski definition) is 3. The summed E-state index contributed by atoms with van der Waals surface area (Å²) in [5, 5.41) is 8.53. The van der Waals surface area contributed by atoms with Gasteiger partial charge in [0.25, 0.3) is 0 Å². The van der Waals surface area contributed by atoms with Crippen molar-refractivity contribution in [3.8, 4) is 6.07 Å². The molecule has 0 atom stereocenters. The molecule has 3 nitrogen and oxygen atoms in total. The summed E-state index contributed by atoms with van der Waals surface area (Å²) in [5.41, 5.74) is 0.110. The highest BCUT2D eigenvalue weighted by atomic mass is 16.5. The van der Waals surface area contributed by atoms with E-state index in [9.17, 15) is 4.79 Å². The summed E-state index contributed by atoms with van der Waals surface area (Å²) in [6.07, 6.45) is 2.40. The first-order valence-electron chi connectivity index (χ1n) is 4.01. The lowest BCUT2D eigenvalue weighted by atomic mass is 10.1. The highest BCUT2D eigenvalue weighted by molar-refractivity contribution is 5.98. The Bertz CT molecular complexity index is 213. The second kappa shape index (κ2) is 6.41. The molecule has 0 aliphatic heterocycles. The van der Waals surface area contributed by atoms with Gasteiger partial charge in [0, 0.05) is 6.42 Å². The molecule has 0 rings (SSSR count). The molecule has 0 amide bonds. The van der Waals surface area contributed by atoms with E-state index in [0.29, 0.717) is 13.0 Å². The molecular formula is C9H13NO2. The number of nitrogens with zero attached hydrogens (tertiary/aromatic N) is 1. The van der Waals surface area contributed by atoms with E-state index in [1.54, 1.807) is 6.92 Å². The van der Waals surface area contributed by atoms with Crippen LogP contribution in [0.25, 0.3) is 0 Å². The summed E-state index contributed by atoms with van der Waals surface area (Å²) in [6, 6.07) is 1.81. The highest BCUT2D eigenvalue weighted by Gasteiger charge is 2.06. The minimum Gasteiger partial charge on any atom is -0.500 e. The fraction of sp³-hybridized carbons (Fsp3) is 0.556. The van der Waals surface area contributed by atoms with E-state index < -0.39 is 0 Å². The molecule has 0 radical (unpaired) electrons. The van der Waals surface area contributed by atoms with Crippen LogP contribution in [0.5, 0.6) is 0 Å². The molecule has 0 aromatic rings. The van der Waals surface area contributed by atoms with Crippen LogP contribution >= 0.6 is 0 Å². The maximum atomic E-state index is 11.1. The van der Waals surface area contributed by atoms with Crippen LogP contribution in [0.3, 0.4) is 0 Å².